The molecule has 6 nitrogen and oxygen atoms in total. The molecule has 4 aromatic carbocycles. The van der Waals surface area contributed by atoms with Crippen molar-refractivity contribution in [3.8, 4) is 35.1 Å². The maximum atomic E-state index is 9.78. The molecule has 6 heteroatoms. The number of hydrogen-bond donors (Lipinski definition) is 0. The van der Waals surface area contributed by atoms with E-state index in [0.29, 0.717) is 24.4 Å². The summed E-state index contributed by atoms with van der Waals surface area (Å²) in [6, 6.07) is 35.7. The fraction of sp³-hybridized carbons (Fsp3) is 0.348. The maximum absolute atomic E-state index is 9.78. The second-order valence-corrected chi connectivity index (χ2v) is 12.7. The quantitative estimate of drug-likeness (QED) is 0.0436. The lowest BCUT2D eigenvalue weighted by Gasteiger charge is -2.09. The van der Waals surface area contributed by atoms with Crippen molar-refractivity contribution in [3.05, 3.63) is 119 Å². The van der Waals surface area contributed by atoms with E-state index in [1.807, 2.05) is 109 Å². The van der Waals surface area contributed by atoms with Gasteiger partial charge in [0.1, 0.15) is 23.0 Å². The summed E-state index contributed by atoms with van der Waals surface area (Å²) in [5, 5.41) is 19.6. The third-order valence-electron chi connectivity index (χ3n) is 8.56. The van der Waals surface area contributed by atoms with E-state index in [4.69, 9.17) is 18.9 Å². The first kappa shape index (κ1) is 39.3. The van der Waals surface area contributed by atoms with Crippen molar-refractivity contribution < 1.29 is 18.9 Å². The highest BCUT2D eigenvalue weighted by Crippen LogP contribution is 2.24. The van der Waals surface area contributed by atoms with Crippen LogP contribution in [0.25, 0.3) is 23.3 Å². The number of rotatable bonds is 23. The van der Waals surface area contributed by atoms with E-state index in [1.54, 1.807) is 0 Å². The Labute approximate surface area is 310 Å². The molecule has 0 aliphatic rings. The molecular formula is C46H52N2O4. The summed E-state index contributed by atoms with van der Waals surface area (Å²) in [5.74, 6) is 3.24. The van der Waals surface area contributed by atoms with Crippen molar-refractivity contribution in [2.45, 2.75) is 78.1 Å². The predicted molar refractivity (Wildman–Crippen MR) is 212 cm³/mol. The van der Waals surface area contributed by atoms with Gasteiger partial charge in [-0.05, 0) is 133 Å². The molecule has 0 saturated heterocycles. The molecule has 0 aromatic heterocycles. The summed E-state index contributed by atoms with van der Waals surface area (Å²) in [7, 11) is 0. The minimum absolute atomic E-state index is 0.585. The van der Waals surface area contributed by atoms with Crippen LogP contribution in [0.1, 0.15) is 100 Å². The zero-order chi connectivity index (χ0) is 36.6. The molecule has 52 heavy (non-hydrogen) atoms. The number of unbranched alkanes of at least 4 members (excludes halogenated alkanes) is 7. The molecule has 0 N–H and O–H groups in total. The van der Waals surface area contributed by atoms with Crippen LogP contribution in [0.5, 0.6) is 23.0 Å². The third kappa shape index (κ3) is 14.0. The highest BCUT2D eigenvalue weighted by atomic mass is 16.5. The standard InChI is InChI=1S/C46H52N2O4/c1-3-5-7-9-29-49-45-25-17-39(18-26-45)41(35-47)33-37-13-21-43(22-14-37)51-31-11-12-32-52-44-23-15-38(16-24-44)34-42(36-48)40-19-27-46(28-20-40)50-30-10-8-6-4-2/h13-28,33-34H,3-12,29-32H2,1-2H3/b41-33-,42-34+. The van der Waals surface area contributed by atoms with E-state index < -0.39 is 0 Å². The van der Waals surface area contributed by atoms with Crippen LogP contribution in [0.15, 0.2) is 97.1 Å². The summed E-state index contributed by atoms with van der Waals surface area (Å²) in [5.41, 5.74) is 4.79. The average Bonchev–Trinajstić information content (AvgIpc) is 3.19. The highest BCUT2D eigenvalue weighted by molar-refractivity contribution is 5.90. The van der Waals surface area contributed by atoms with E-state index in [-0.39, 0.29) is 0 Å². The Morgan fingerprint density at radius 1 is 0.423 bits per heavy atom. The van der Waals surface area contributed by atoms with Crippen LogP contribution in [0.2, 0.25) is 0 Å². The second-order valence-electron chi connectivity index (χ2n) is 12.7. The average molecular weight is 697 g/mol. The highest BCUT2D eigenvalue weighted by Gasteiger charge is 2.05. The topological polar surface area (TPSA) is 84.5 Å². The van der Waals surface area contributed by atoms with Crippen LogP contribution in [0.3, 0.4) is 0 Å². The van der Waals surface area contributed by atoms with Crippen molar-refractivity contribution in [2.75, 3.05) is 26.4 Å². The van der Waals surface area contributed by atoms with Crippen molar-refractivity contribution in [3.63, 3.8) is 0 Å². The predicted octanol–water partition coefficient (Wildman–Crippen LogP) is 12.0. The number of allylic oxidation sites excluding steroid dienone is 2. The first-order valence-corrected chi connectivity index (χ1v) is 18.8. The van der Waals surface area contributed by atoms with E-state index >= 15 is 0 Å². The van der Waals surface area contributed by atoms with Gasteiger partial charge in [0, 0.05) is 0 Å². The largest absolute Gasteiger partial charge is 0.494 e. The van der Waals surface area contributed by atoms with Gasteiger partial charge in [-0.15, -0.1) is 0 Å². The molecule has 0 aliphatic heterocycles. The number of hydrogen-bond acceptors (Lipinski definition) is 6. The Bertz CT molecular complexity index is 1610. The van der Waals surface area contributed by atoms with E-state index in [9.17, 15) is 10.5 Å². The van der Waals surface area contributed by atoms with Gasteiger partial charge in [-0.1, -0.05) is 76.6 Å². The van der Waals surface area contributed by atoms with Gasteiger partial charge in [0.05, 0.1) is 49.7 Å². The number of benzene rings is 4. The molecule has 270 valence electrons. The maximum Gasteiger partial charge on any atom is 0.119 e. The summed E-state index contributed by atoms with van der Waals surface area (Å²) >= 11 is 0. The van der Waals surface area contributed by atoms with Gasteiger partial charge in [-0.3, -0.25) is 0 Å². The molecular weight excluding hydrogens is 645 g/mol. The normalized spacial score (nSPS) is 11.4. The fourth-order valence-corrected chi connectivity index (χ4v) is 5.50. The second kappa shape index (κ2) is 23.1. The Kier molecular flexibility index (Phi) is 17.5. The lowest BCUT2D eigenvalue weighted by atomic mass is 10.0. The van der Waals surface area contributed by atoms with Crippen LogP contribution < -0.4 is 18.9 Å². The molecule has 0 atom stereocenters. The SMILES string of the molecule is CCCCCCOc1ccc(/C(C#N)=C/c2ccc(OCCCCOc3ccc(/C=C(/C#N)c4ccc(OCCCCCC)cc4)cc3)cc2)cc1. The fourth-order valence-electron chi connectivity index (χ4n) is 5.50. The summed E-state index contributed by atoms with van der Waals surface area (Å²) in [4.78, 5) is 0. The van der Waals surface area contributed by atoms with Gasteiger partial charge >= 0.3 is 0 Å². The zero-order valence-corrected chi connectivity index (χ0v) is 30.8. The van der Waals surface area contributed by atoms with Crippen LogP contribution in [0.4, 0.5) is 0 Å². The van der Waals surface area contributed by atoms with Crippen molar-refractivity contribution in [1.29, 1.82) is 10.5 Å². The monoisotopic (exact) mass is 696 g/mol. The third-order valence-corrected chi connectivity index (χ3v) is 8.56. The van der Waals surface area contributed by atoms with E-state index in [2.05, 4.69) is 26.0 Å². The van der Waals surface area contributed by atoms with Crippen LogP contribution in [0, 0.1) is 22.7 Å². The molecule has 0 heterocycles. The molecule has 0 saturated carbocycles. The van der Waals surface area contributed by atoms with Gasteiger partial charge in [0.2, 0.25) is 0 Å². The molecule has 4 aromatic rings. The van der Waals surface area contributed by atoms with Gasteiger partial charge < -0.3 is 18.9 Å². The van der Waals surface area contributed by atoms with Crippen LogP contribution in [-0.4, -0.2) is 26.4 Å². The lowest BCUT2D eigenvalue weighted by Crippen LogP contribution is -2.02. The minimum Gasteiger partial charge on any atom is -0.494 e. The molecule has 0 unspecified atom stereocenters. The van der Waals surface area contributed by atoms with Crippen molar-refractivity contribution >= 4 is 23.3 Å². The van der Waals surface area contributed by atoms with E-state index in [0.717, 1.165) is 84.1 Å². The van der Waals surface area contributed by atoms with Gasteiger partial charge in [0.15, 0.2) is 0 Å². The number of ether oxygens (including phenoxy) is 4. The lowest BCUT2D eigenvalue weighted by molar-refractivity contribution is 0.266. The molecule has 0 aliphatic carbocycles. The summed E-state index contributed by atoms with van der Waals surface area (Å²) in [6.45, 7) is 7.01. The molecule has 0 spiro atoms. The Balaban J connectivity index is 1.15. The molecule has 0 radical (unpaired) electrons. The summed E-state index contributed by atoms with van der Waals surface area (Å²) in [6.07, 6.45) is 14.9. The first-order chi connectivity index (χ1) is 25.6. The number of nitrogens with zero attached hydrogens (tertiary/aromatic N) is 2. The van der Waals surface area contributed by atoms with Gasteiger partial charge in [-0.25, -0.2) is 0 Å². The smallest absolute Gasteiger partial charge is 0.119 e. The van der Waals surface area contributed by atoms with Gasteiger partial charge in [0.25, 0.3) is 0 Å². The van der Waals surface area contributed by atoms with Crippen LogP contribution in [-0.2, 0) is 0 Å². The molecule has 0 amide bonds. The Hall–Kier alpha value is -5.46. The zero-order valence-electron chi connectivity index (χ0n) is 30.8. The molecule has 0 bridgehead atoms. The van der Waals surface area contributed by atoms with Crippen molar-refractivity contribution in [1.82, 2.24) is 0 Å². The molecule has 4 rings (SSSR count). The summed E-state index contributed by atoms with van der Waals surface area (Å²) < 4.78 is 23.5. The first-order valence-electron chi connectivity index (χ1n) is 18.8. The van der Waals surface area contributed by atoms with Crippen molar-refractivity contribution in [2.24, 2.45) is 0 Å². The van der Waals surface area contributed by atoms with E-state index in [1.165, 1.54) is 38.5 Å². The Morgan fingerprint density at radius 3 is 1.00 bits per heavy atom. The molecule has 0 fully saturated rings. The Morgan fingerprint density at radius 2 is 0.712 bits per heavy atom. The number of nitriles is 2. The minimum atomic E-state index is 0.585. The van der Waals surface area contributed by atoms with Gasteiger partial charge in [-0.2, -0.15) is 10.5 Å². The van der Waals surface area contributed by atoms with Crippen LogP contribution >= 0.6 is 0 Å².